The minimum atomic E-state index is -1.59. The Hall–Kier alpha value is -2.64. The fourth-order valence-corrected chi connectivity index (χ4v) is 2.35. The number of halogens is 1. The number of carbonyl (C=O) groups excluding carboxylic acids is 2. The van der Waals surface area contributed by atoms with Crippen LogP contribution in [0.1, 0.15) is 6.42 Å². The Bertz CT molecular complexity index is 604. The van der Waals surface area contributed by atoms with E-state index < -0.39 is 30.5 Å². The van der Waals surface area contributed by atoms with Gasteiger partial charge in [-0.15, -0.1) is 0 Å². The van der Waals surface area contributed by atoms with Crippen LogP contribution in [0.2, 0.25) is 0 Å². The SMILES string of the molecule is COc1ccc(N2CC(C(=O)NC(CF)C(=O)O)CC2=O)cc1. The maximum absolute atomic E-state index is 12.6. The molecule has 1 aliphatic rings. The van der Waals surface area contributed by atoms with Crippen molar-refractivity contribution in [2.45, 2.75) is 12.5 Å². The zero-order chi connectivity index (χ0) is 17.0. The van der Waals surface area contributed by atoms with Crippen molar-refractivity contribution in [3.05, 3.63) is 24.3 Å². The average molecular weight is 324 g/mol. The number of methoxy groups -OCH3 is 1. The highest BCUT2D eigenvalue weighted by molar-refractivity contribution is 6.00. The molecule has 1 aromatic carbocycles. The summed E-state index contributed by atoms with van der Waals surface area (Å²) in [5.41, 5.74) is 0.617. The van der Waals surface area contributed by atoms with Crippen molar-refractivity contribution >= 4 is 23.5 Å². The first-order valence-electron chi connectivity index (χ1n) is 6.99. The number of benzene rings is 1. The molecular formula is C15H17FN2O5. The van der Waals surface area contributed by atoms with Crippen LogP contribution in [0.3, 0.4) is 0 Å². The summed E-state index contributed by atoms with van der Waals surface area (Å²) in [6, 6.07) is 5.18. The third-order valence-corrected chi connectivity index (χ3v) is 3.65. The quantitative estimate of drug-likeness (QED) is 0.798. The summed E-state index contributed by atoms with van der Waals surface area (Å²) in [6.07, 6.45) is -0.0452. The highest BCUT2D eigenvalue weighted by atomic mass is 19.1. The minimum absolute atomic E-state index is 0.0452. The number of hydrogen-bond donors (Lipinski definition) is 2. The first-order valence-corrected chi connectivity index (χ1v) is 6.99. The van der Waals surface area contributed by atoms with Gasteiger partial charge in [-0.1, -0.05) is 0 Å². The molecule has 0 bridgehead atoms. The lowest BCUT2D eigenvalue weighted by Crippen LogP contribution is -2.45. The van der Waals surface area contributed by atoms with Gasteiger partial charge in [0.1, 0.15) is 12.4 Å². The third kappa shape index (κ3) is 3.77. The van der Waals surface area contributed by atoms with Gasteiger partial charge in [-0.05, 0) is 24.3 Å². The standard InChI is InChI=1S/C15H17FN2O5/c1-23-11-4-2-10(3-5-11)18-8-9(6-13(18)19)14(20)17-12(7-16)15(21)22/h2-5,9,12H,6-8H2,1H3,(H,17,20)(H,21,22). The van der Waals surface area contributed by atoms with E-state index in [0.29, 0.717) is 11.4 Å². The lowest BCUT2D eigenvalue weighted by atomic mass is 10.1. The molecule has 1 aromatic rings. The Balaban J connectivity index is 2.03. The van der Waals surface area contributed by atoms with Gasteiger partial charge < -0.3 is 20.1 Å². The summed E-state index contributed by atoms with van der Waals surface area (Å²) < 4.78 is 17.6. The van der Waals surface area contributed by atoms with Crippen molar-refractivity contribution in [1.29, 1.82) is 0 Å². The molecule has 0 aliphatic carbocycles. The van der Waals surface area contributed by atoms with Crippen molar-refractivity contribution in [3.63, 3.8) is 0 Å². The molecule has 2 unspecified atom stereocenters. The molecule has 23 heavy (non-hydrogen) atoms. The zero-order valence-electron chi connectivity index (χ0n) is 12.5. The number of anilines is 1. The van der Waals surface area contributed by atoms with Crippen LogP contribution in [0.5, 0.6) is 5.75 Å². The number of nitrogens with zero attached hydrogens (tertiary/aromatic N) is 1. The number of nitrogens with one attached hydrogen (secondary N) is 1. The molecule has 7 nitrogen and oxygen atoms in total. The lowest BCUT2D eigenvalue weighted by molar-refractivity contribution is -0.142. The molecule has 1 aliphatic heterocycles. The van der Waals surface area contributed by atoms with Crippen molar-refractivity contribution in [2.24, 2.45) is 5.92 Å². The molecule has 2 rings (SSSR count). The maximum atomic E-state index is 12.6. The summed E-state index contributed by atoms with van der Waals surface area (Å²) in [6.45, 7) is -1.08. The van der Waals surface area contributed by atoms with E-state index in [2.05, 4.69) is 5.32 Å². The Morgan fingerprint density at radius 1 is 1.43 bits per heavy atom. The Labute approximate surface area is 132 Å². The normalized spacial score (nSPS) is 18.6. The van der Waals surface area contributed by atoms with E-state index >= 15 is 0 Å². The van der Waals surface area contributed by atoms with E-state index in [-0.39, 0.29) is 18.9 Å². The van der Waals surface area contributed by atoms with Crippen LogP contribution in [0.4, 0.5) is 10.1 Å². The maximum Gasteiger partial charge on any atom is 0.328 e. The molecular weight excluding hydrogens is 307 g/mol. The van der Waals surface area contributed by atoms with Crippen LogP contribution in [0, 0.1) is 5.92 Å². The second-order valence-corrected chi connectivity index (χ2v) is 5.16. The second-order valence-electron chi connectivity index (χ2n) is 5.16. The van der Waals surface area contributed by atoms with E-state index in [9.17, 15) is 18.8 Å². The van der Waals surface area contributed by atoms with Gasteiger partial charge in [0.05, 0.1) is 13.0 Å². The highest BCUT2D eigenvalue weighted by Crippen LogP contribution is 2.26. The fraction of sp³-hybridized carbons (Fsp3) is 0.400. The van der Waals surface area contributed by atoms with Gasteiger partial charge in [-0.2, -0.15) is 0 Å². The molecule has 1 fully saturated rings. The smallest absolute Gasteiger partial charge is 0.328 e. The van der Waals surface area contributed by atoms with Crippen LogP contribution >= 0.6 is 0 Å². The summed E-state index contributed by atoms with van der Waals surface area (Å²) in [4.78, 5) is 36.2. The Morgan fingerprint density at radius 3 is 2.61 bits per heavy atom. The van der Waals surface area contributed by atoms with E-state index in [0.717, 1.165) is 0 Å². The number of ether oxygens (including phenoxy) is 1. The first-order chi connectivity index (χ1) is 11.0. The molecule has 0 saturated carbocycles. The predicted octanol–water partition coefficient (Wildman–Crippen LogP) is 0.587. The molecule has 124 valence electrons. The van der Waals surface area contributed by atoms with Gasteiger partial charge in [-0.25, -0.2) is 9.18 Å². The Morgan fingerprint density at radius 2 is 2.09 bits per heavy atom. The fourth-order valence-electron chi connectivity index (χ4n) is 2.35. The van der Waals surface area contributed by atoms with Crippen molar-refractivity contribution in [3.8, 4) is 5.75 Å². The number of carbonyl (C=O) groups is 3. The van der Waals surface area contributed by atoms with Gasteiger partial charge in [0.15, 0.2) is 6.04 Å². The van der Waals surface area contributed by atoms with Crippen molar-refractivity contribution in [1.82, 2.24) is 5.32 Å². The van der Waals surface area contributed by atoms with Crippen LogP contribution in [0.15, 0.2) is 24.3 Å². The van der Waals surface area contributed by atoms with Gasteiger partial charge in [0.2, 0.25) is 11.8 Å². The summed E-state index contributed by atoms with van der Waals surface area (Å²) in [5, 5.41) is 10.9. The minimum Gasteiger partial charge on any atom is -0.497 e. The van der Waals surface area contributed by atoms with E-state index in [1.54, 1.807) is 24.3 Å². The molecule has 0 aromatic heterocycles. The molecule has 1 saturated heterocycles. The number of aliphatic carboxylic acids is 1. The molecule has 2 atom stereocenters. The largest absolute Gasteiger partial charge is 0.497 e. The molecule has 0 spiro atoms. The number of carboxylic acid groups (broad SMARTS) is 1. The summed E-state index contributed by atoms with van der Waals surface area (Å²) in [7, 11) is 1.53. The Kier molecular flexibility index (Phi) is 5.15. The van der Waals surface area contributed by atoms with E-state index in [1.807, 2.05) is 0 Å². The third-order valence-electron chi connectivity index (χ3n) is 3.65. The summed E-state index contributed by atoms with van der Waals surface area (Å²) in [5.74, 6) is -2.40. The molecule has 2 N–H and O–H groups in total. The van der Waals surface area contributed by atoms with Gasteiger partial charge in [0, 0.05) is 18.7 Å². The number of carboxylic acids is 1. The molecule has 1 heterocycles. The topological polar surface area (TPSA) is 95.9 Å². The van der Waals surface area contributed by atoms with Crippen LogP contribution in [-0.4, -0.2) is 49.3 Å². The molecule has 2 amide bonds. The first kappa shape index (κ1) is 16.7. The number of rotatable bonds is 6. The van der Waals surface area contributed by atoms with Gasteiger partial charge >= 0.3 is 5.97 Å². The van der Waals surface area contributed by atoms with Crippen LogP contribution in [-0.2, 0) is 14.4 Å². The molecule has 8 heteroatoms. The lowest BCUT2D eigenvalue weighted by Gasteiger charge is -2.18. The van der Waals surface area contributed by atoms with Gasteiger partial charge in [-0.3, -0.25) is 9.59 Å². The number of alkyl halides is 1. The van der Waals surface area contributed by atoms with Crippen molar-refractivity contribution < 1.29 is 28.6 Å². The van der Waals surface area contributed by atoms with Crippen LogP contribution < -0.4 is 15.0 Å². The highest BCUT2D eigenvalue weighted by Gasteiger charge is 2.36. The number of amides is 2. The zero-order valence-corrected chi connectivity index (χ0v) is 12.5. The monoisotopic (exact) mass is 324 g/mol. The summed E-state index contributed by atoms with van der Waals surface area (Å²) >= 11 is 0. The predicted molar refractivity (Wildman–Crippen MR) is 79.0 cm³/mol. The molecule has 0 radical (unpaired) electrons. The van der Waals surface area contributed by atoms with E-state index in [4.69, 9.17) is 9.84 Å². The van der Waals surface area contributed by atoms with Gasteiger partial charge in [0.25, 0.3) is 0 Å². The van der Waals surface area contributed by atoms with Crippen molar-refractivity contribution in [2.75, 3.05) is 25.2 Å². The second kappa shape index (κ2) is 7.08. The van der Waals surface area contributed by atoms with Crippen LogP contribution in [0.25, 0.3) is 0 Å². The number of hydrogen-bond acceptors (Lipinski definition) is 4. The van der Waals surface area contributed by atoms with E-state index in [1.165, 1.54) is 12.0 Å². The average Bonchev–Trinajstić information content (AvgIpc) is 2.94.